The molecular formula is C27H35N5O2S. The van der Waals surface area contributed by atoms with Crippen LogP contribution in [0.2, 0.25) is 0 Å². The predicted octanol–water partition coefficient (Wildman–Crippen LogP) is 4.21. The molecule has 2 amide bonds. The number of carbonyl (C=O) groups is 2. The third-order valence-electron chi connectivity index (χ3n) is 8.79. The standard InChI is InChI=1S/C27H35N5O2S/c1-2-18-3-5-22(6-4-18)28-24(33)25-30-29-23(35-25)17-31-7-9-32(10-8-31)26(34)27-14-19-11-20(15-27)13-21(12-19)16-27/h3-6,19-21H,2,7-17H2,1H3,(H,28,33). The van der Waals surface area contributed by atoms with Crippen molar-refractivity contribution in [1.29, 1.82) is 0 Å². The second kappa shape index (κ2) is 9.28. The van der Waals surface area contributed by atoms with E-state index >= 15 is 0 Å². The van der Waals surface area contributed by atoms with Crippen molar-refractivity contribution in [3.8, 4) is 0 Å². The third-order valence-corrected chi connectivity index (χ3v) is 9.70. The number of nitrogens with zero attached hydrogens (tertiary/aromatic N) is 4. The Labute approximate surface area is 211 Å². The highest BCUT2D eigenvalue weighted by Crippen LogP contribution is 2.60. The van der Waals surface area contributed by atoms with Crippen molar-refractivity contribution in [2.45, 2.75) is 58.4 Å². The Morgan fingerprint density at radius 1 is 0.971 bits per heavy atom. The number of benzene rings is 1. The molecule has 2 heterocycles. The first-order valence-corrected chi connectivity index (χ1v) is 14.1. The predicted molar refractivity (Wildman–Crippen MR) is 136 cm³/mol. The monoisotopic (exact) mass is 493 g/mol. The lowest BCUT2D eigenvalue weighted by atomic mass is 9.49. The molecule has 7 nitrogen and oxygen atoms in total. The first-order valence-electron chi connectivity index (χ1n) is 13.2. The van der Waals surface area contributed by atoms with Crippen LogP contribution in [-0.2, 0) is 17.8 Å². The fraction of sp³-hybridized carbons (Fsp3) is 0.630. The summed E-state index contributed by atoms with van der Waals surface area (Å²) in [5, 5.41) is 12.5. The summed E-state index contributed by atoms with van der Waals surface area (Å²) in [6, 6.07) is 7.88. The maximum Gasteiger partial charge on any atom is 0.286 e. The molecule has 35 heavy (non-hydrogen) atoms. The molecule has 4 saturated carbocycles. The van der Waals surface area contributed by atoms with Crippen LogP contribution >= 0.6 is 11.3 Å². The number of aromatic nitrogens is 2. The fourth-order valence-corrected chi connectivity index (χ4v) is 8.20. The van der Waals surface area contributed by atoms with E-state index < -0.39 is 0 Å². The van der Waals surface area contributed by atoms with Crippen LogP contribution in [0.5, 0.6) is 0 Å². The number of aryl methyl sites for hydroxylation is 1. The van der Waals surface area contributed by atoms with Gasteiger partial charge in [-0.2, -0.15) is 0 Å². The Balaban J connectivity index is 1.01. The number of anilines is 1. The highest BCUT2D eigenvalue weighted by Gasteiger charge is 2.55. The Morgan fingerprint density at radius 2 is 1.60 bits per heavy atom. The molecule has 8 heteroatoms. The van der Waals surface area contributed by atoms with E-state index in [2.05, 4.69) is 32.2 Å². The van der Waals surface area contributed by atoms with E-state index in [4.69, 9.17) is 0 Å². The van der Waals surface area contributed by atoms with Gasteiger partial charge in [-0.1, -0.05) is 30.4 Å². The zero-order valence-corrected chi connectivity index (χ0v) is 21.4. The minimum atomic E-state index is -0.219. The van der Waals surface area contributed by atoms with Crippen molar-refractivity contribution in [1.82, 2.24) is 20.0 Å². The zero-order chi connectivity index (χ0) is 24.0. The molecule has 0 radical (unpaired) electrons. The quantitative estimate of drug-likeness (QED) is 0.652. The van der Waals surface area contributed by atoms with E-state index in [1.807, 2.05) is 24.3 Å². The first-order chi connectivity index (χ1) is 17.0. The molecule has 1 aliphatic heterocycles. The number of carbonyl (C=O) groups excluding carboxylic acids is 2. The molecule has 0 unspecified atom stereocenters. The van der Waals surface area contributed by atoms with E-state index in [-0.39, 0.29) is 11.3 Å². The van der Waals surface area contributed by atoms with Crippen LogP contribution in [0.4, 0.5) is 5.69 Å². The third kappa shape index (κ3) is 4.62. The van der Waals surface area contributed by atoms with Crippen molar-refractivity contribution in [3.63, 3.8) is 0 Å². The van der Waals surface area contributed by atoms with Gasteiger partial charge in [-0.3, -0.25) is 14.5 Å². The number of nitrogens with one attached hydrogen (secondary N) is 1. The van der Waals surface area contributed by atoms with Crippen LogP contribution in [-0.4, -0.2) is 58.0 Å². The first kappa shape index (κ1) is 23.1. The lowest BCUT2D eigenvalue weighted by molar-refractivity contribution is -0.159. The van der Waals surface area contributed by atoms with Crippen LogP contribution in [0, 0.1) is 23.2 Å². The van der Waals surface area contributed by atoms with Gasteiger partial charge in [0.05, 0.1) is 12.0 Å². The molecule has 1 N–H and O–H groups in total. The molecule has 1 saturated heterocycles. The summed E-state index contributed by atoms with van der Waals surface area (Å²) in [5.74, 6) is 2.62. The van der Waals surface area contributed by atoms with E-state index in [1.54, 1.807) is 0 Å². The lowest BCUT2D eigenvalue weighted by Crippen LogP contribution is -2.58. The molecular weight excluding hydrogens is 458 g/mol. The van der Waals surface area contributed by atoms with Crippen LogP contribution in [0.15, 0.2) is 24.3 Å². The van der Waals surface area contributed by atoms with Crippen molar-refractivity contribution >= 4 is 28.8 Å². The maximum absolute atomic E-state index is 13.6. The average Bonchev–Trinajstić information content (AvgIpc) is 3.32. The number of hydrogen-bond donors (Lipinski definition) is 1. The summed E-state index contributed by atoms with van der Waals surface area (Å²) in [6.45, 7) is 6.07. The molecule has 186 valence electrons. The van der Waals surface area contributed by atoms with Gasteiger partial charge in [-0.05, 0) is 80.4 Å². The highest BCUT2D eigenvalue weighted by molar-refractivity contribution is 7.13. The second-order valence-electron chi connectivity index (χ2n) is 11.3. The zero-order valence-electron chi connectivity index (χ0n) is 20.5. The highest BCUT2D eigenvalue weighted by atomic mass is 32.1. The smallest absolute Gasteiger partial charge is 0.286 e. The van der Waals surface area contributed by atoms with Gasteiger partial charge < -0.3 is 10.2 Å². The van der Waals surface area contributed by atoms with Gasteiger partial charge >= 0.3 is 0 Å². The summed E-state index contributed by atoms with van der Waals surface area (Å²) in [5.41, 5.74) is 1.96. The van der Waals surface area contributed by atoms with E-state index in [9.17, 15) is 9.59 Å². The van der Waals surface area contributed by atoms with Crippen molar-refractivity contribution in [2.75, 3.05) is 31.5 Å². The Hall–Kier alpha value is -2.32. The van der Waals surface area contributed by atoms with Gasteiger partial charge in [0.25, 0.3) is 5.91 Å². The van der Waals surface area contributed by atoms with Gasteiger partial charge in [-0.15, -0.1) is 10.2 Å². The topological polar surface area (TPSA) is 78.4 Å². The molecule has 4 bridgehead atoms. The van der Waals surface area contributed by atoms with Gasteiger partial charge in [0.2, 0.25) is 10.9 Å². The molecule has 1 aromatic heterocycles. The molecule has 7 rings (SSSR count). The molecule has 5 fully saturated rings. The van der Waals surface area contributed by atoms with Crippen LogP contribution in [0.25, 0.3) is 0 Å². The molecule has 1 aromatic carbocycles. The van der Waals surface area contributed by atoms with Gasteiger partial charge in [0.1, 0.15) is 5.01 Å². The number of hydrogen-bond acceptors (Lipinski definition) is 6. The molecule has 2 aromatic rings. The Bertz CT molecular complexity index is 1050. The molecule has 5 aliphatic rings. The Kier molecular flexibility index (Phi) is 6.13. The molecule has 0 atom stereocenters. The van der Waals surface area contributed by atoms with Gasteiger partial charge in [-0.25, -0.2) is 0 Å². The van der Waals surface area contributed by atoms with E-state index in [0.717, 1.165) is 80.3 Å². The van der Waals surface area contributed by atoms with E-state index in [0.29, 0.717) is 17.5 Å². The normalized spacial score (nSPS) is 30.0. The lowest BCUT2D eigenvalue weighted by Gasteiger charge is -2.57. The van der Waals surface area contributed by atoms with Crippen LogP contribution in [0.1, 0.15) is 65.8 Å². The summed E-state index contributed by atoms with van der Waals surface area (Å²) in [7, 11) is 0. The van der Waals surface area contributed by atoms with Gasteiger partial charge in [0.15, 0.2) is 0 Å². The fourth-order valence-electron chi connectivity index (χ4n) is 7.43. The van der Waals surface area contributed by atoms with Gasteiger partial charge in [0, 0.05) is 31.9 Å². The Morgan fingerprint density at radius 3 is 2.20 bits per heavy atom. The second-order valence-corrected chi connectivity index (χ2v) is 12.3. The SMILES string of the molecule is CCc1ccc(NC(=O)c2nnc(CN3CCN(C(=O)C45CC6CC(CC(C6)C4)C5)CC3)s2)cc1. The number of amides is 2. The summed E-state index contributed by atoms with van der Waals surface area (Å²) >= 11 is 1.35. The van der Waals surface area contributed by atoms with Crippen molar-refractivity contribution in [3.05, 3.63) is 39.8 Å². The summed E-state index contributed by atoms with van der Waals surface area (Å²) in [4.78, 5) is 30.7. The average molecular weight is 494 g/mol. The van der Waals surface area contributed by atoms with Crippen LogP contribution in [0.3, 0.4) is 0 Å². The summed E-state index contributed by atoms with van der Waals surface area (Å²) < 4.78 is 0. The van der Waals surface area contributed by atoms with E-state index in [1.165, 1.54) is 36.2 Å². The summed E-state index contributed by atoms with van der Waals surface area (Å²) in [6.07, 6.45) is 8.48. The maximum atomic E-state index is 13.6. The largest absolute Gasteiger partial charge is 0.340 e. The molecule has 4 aliphatic carbocycles. The van der Waals surface area contributed by atoms with Crippen molar-refractivity contribution in [2.24, 2.45) is 23.2 Å². The number of rotatable bonds is 6. The van der Waals surface area contributed by atoms with Crippen molar-refractivity contribution < 1.29 is 9.59 Å². The minimum Gasteiger partial charge on any atom is -0.340 e. The van der Waals surface area contributed by atoms with Crippen LogP contribution < -0.4 is 5.32 Å². The number of piperazine rings is 1. The minimum absolute atomic E-state index is 0.0464. The molecule has 0 spiro atoms.